The maximum Gasteiger partial charge on any atom is 0.257 e. The number of hydrogen-bond acceptors (Lipinski definition) is 4. The fourth-order valence-corrected chi connectivity index (χ4v) is 1.94. The fourth-order valence-electron chi connectivity index (χ4n) is 1.94. The van der Waals surface area contributed by atoms with Gasteiger partial charge in [-0.3, -0.25) is 4.79 Å². The molecule has 2 aromatic rings. The average Bonchev–Trinajstić information content (AvgIpc) is 2.41. The lowest BCUT2D eigenvalue weighted by molar-refractivity contribution is 0.102. The van der Waals surface area contributed by atoms with E-state index >= 15 is 0 Å². The van der Waals surface area contributed by atoms with Gasteiger partial charge < -0.3 is 10.4 Å². The summed E-state index contributed by atoms with van der Waals surface area (Å²) >= 11 is 0. The van der Waals surface area contributed by atoms with Crippen LogP contribution in [0.3, 0.4) is 0 Å². The molecule has 0 bridgehead atoms. The van der Waals surface area contributed by atoms with Gasteiger partial charge in [0.25, 0.3) is 5.91 Å². The predicted octanol–water partition coefficient (Wildman–Crippen LogP) is 2.40. The number of aliphatic hydroxyl groups is 1. The number of anilines is 1. The molecule has 20 heavy (non-hydrogen) atoms. The summed E-state index contributed by atoms with van der Waals surface area (Å²) < 4.78 is 0. The zero-order valence-corrected chi connectivity index (χ0v) is 11.7. The average molecular weight is 271 g/mol. The minimum atomic E-state index is -0.648. The second-order valence-corrected chi connectivity index (χ2v) is 4.70. The summed E-state index contributed by atoms with van der Waals surface area (Å²) in [4.78, 5) is 12.3. The first-order valence-electron chi connectivity index (χ1n) is 6.38. The molecule has 2 N–H and O–H groups in total. The standard InChI is InChI=1S/C15H17N3O2/c1-9-8-13(10(2)18-17-9)15(20)16-14-7-5-4-6-12(14)11(3)19/h4-8,11,19H,1-3H3,(H,16,20). The van der Waals surface area contributed by atoms with Crippen LogP contribution in [0.15, 0.2) is 30.3 Å². The summed E-state index contributed by atoms with van der Waals surface area (Å²) in [5.41, 5.74) is 3.02. The van der Waals surface area contributed by atoms with E-state index in [4.69, 9.17) is 0 Å². The summed E-state index contributed by atoms with van der Waals surface area (Å²) in [5.74, 6) is -0.256. The largest absolute Gasteiger partial charge is 0.389 e. The lowest BCUT2D eigenvalue weighted by Gasteiger charge is -2.13. The van der Waals surface area contributed by atoms with E-state index in [2.05, 4.69) is 15.5 Å². The highest BCUT2D eigenvalue weighted by Gasteiger charge is 2.14. The number of aryl methyl sites for hydroxylation is 2. The van der Waals surface area contributed by atoms with Gasteiger partial charge in [-0.05, 0) is 32.9 Å². The van der Waals surface area contributed by atoms with E-state index in [1.54, 1.807) is 39.0 Å². The maximum absolute atomic E-state index is 12.3. The summed E-state index contributed by atoms with van der Waals surface area (Å²) in [6.45, 7) is 5.18. The minimum Gasteiger partial charge on any atom is -0.389 e. The number of carbonyl (C=O) groups is 1. The Hall–Kier alpha value is -2.27. The molecule has 0 saturated carbocycles. The lowest BCUT2D eigenvalue weighted by atomic mass is 10.1. The summed E-state index contributed by atoms with van der Waals surface area (Å²) in [7, 11) is 0. The van der Waals surface area contributed by atoms with Gasteiger partial charge in [-0.15, -0.1) is 0 Å². The molecule has 0 spiro atoms. The Morgan fingerprint density at radius 2 is 1.95 bits per heavy atom. The van der Waals surface area contributed by atoms with Gasteiger partial charge in [0.2, 0.25) is 0 Å². The van der Waals surface area contributed by atoms with Crippen molar-refractivity contribution < 1.29 is 9.90 Å². The van der Waals surface area contributed by atoms with Crippen molar-refractivity contribution in [2.24, 2.45) is 0 Å². The van der Waals surface area contributed by atoms with Crippen LogP contribution in [0.25, 0.3) is 0 Å². The third-order valence-corrected chi connectivity index (χ3v) is 3.00. The van der Waals surface area contributed by atoms with Crippen molar-refractivity contribution in [3.63, 3.8) is 0 Å². The molecule has 0 aliphatic carbocycles. The van der Waals surface area contributed by atoms with Crippen molar-refractivity contribution in [2.45, 2.75) is 26.9 Å². The maximum atomic E-state index is 12.3. The predicted molar refractivity (Wildman–Crippen MR) is 76.5 cm³/mol. The molecule has 1 atom stereocenters. The van der Waals surface area contributed by atoms with Gasteiger partial charge in [0.15, 0.2) is 0 Å². The molecule has 0 aliphatic rings. The molecule has 0 fully saturated rings. The van der Waals surface area contributed by atoms with Crippen LogP contribution >= 0.6 is 0 Å². The molecule has 0 aliphatic heterocycles. The molecule has 5 nitrogen and oxygen atoms in total. The zero-order valence-electron chi connectivity index (χ0n) is 11.7. The number of nitrogens with zero attached hydrogens (tertiary/aromatic N) is 2. The Labute approximate surface area is 117 Å². The molecule has 2 rings (SSSR count). The van der Waals surface area contributed by atoms with Crippen LogP contribution in [-0.4, -0.2) is 21.2 Å². The first-order chi connectivity index (χ1) is 9.49. The monoisotopic (exact) mass is 271 g/mol. The number of hydrogen-bond donors (Lipinski definition) is 2. The van der Waals surface area contributed by atoms with E-state index in [1.807, 2.05) is 12.1 Å². The number of nitrogens with one attached hydrogen (secondary N) is 1. The molecule has 1 amide bonds. The van der Waals surface area contributed by atoms with Gasteiger partial charge in [0.1, 0.15) is 0 Å². The number of amides is 1. The molecule has 104 valence electrons. The van der Waals surface area contributed by atoms with Crippen molar-refractivity contribution in [3.8, 4) is 0 Å². The van der Waals surface area contributed by atoms with Crippen molar-refractivity contribution in [3.05, 3.63) is 52.8 Å². The Balaban J connectivity index is 2.31. The smallest absolute Gasteiger partial charge is 0.257 e. The number of aromatic nitrogens is 2. The number of para-hydroxylation sites is 1. The van der Waals surface area contributed by atoms with Gasteiger partial charge in [0, 0.05) is 11.3 Å². The molecule has 5 heteroatoms. The van der Waals surface area contributed by atoms with Gasteiger partial charge in [-0.2, -0.15) is 10.2 Å². The molecule has 0 saturated heterocycles. The van der Waals surface area contributed by atoms with Crippen LogP contribution in [0.5, 0.6) is 0 Å². The third kappa shape index (κ3) is 3.00. The normalized spacial score (nSPS) is 12.0. The van der Waals surface area contributed by atoms with E-state index in [1.165, 1.54) is 0 Å². The SMILES string of the molecule is Cc1cc(C(=O)Nc2ccccc2C(C)O)c(C)nn1. The van der Waals surface area contributed by atoms with Gasteiger partial charge in [-0.1, -0.05) is 18.2 Å². The second kappa shape index (κ2) is 5.79. The van der Waals surface area contributed by atoms with Gasteiger partial charge in [-0.25, -0.2) is 0 Å². The van der Waals surface area contributed by atoms with E-state index in [0.29, 0.717) is 28.2 Å². The van der Waals surface area contributed by atoms with Gasteiger partial charge in [0.05, 0.1) is 23.1 Å². The second-order valence-electron chi connectivity index (χ2n) is 4.70. The molecule has 0 radical (unpaired) electrons. The van der Waals surface area contributed by atoms with Crippen molar-refractivity contribution in [2.75, 3.05) is 5.32 Å². The minimum absolute atomic E-state index is 0.256. The third-order valence-electron chi connectivity index (χ3n) is 3.00. The molecule has 1 unspecified atom stereocenters. The van der Waals surface area contributed by atoms with E-state index in [9.17, 15) is 9.90 Å². The van der Waals surface area contributed by atoms with E-state index in [0.717, 1.165) is 0 Å². The summed E-state index contributed by atoms with van der Waals surface area (Å²) in [6.07, 6.45) is -0.648. The highest BCUT2D eigenvalue weighted by molar-refractivity contribution is 6.05. The van der Waals surface area contributed by atoms with Crippen LogP contribution in [0.4, 0.5) is 5.69 Å². The van der Waals surface area contributed by atoms with Crippen LogP contribution in [0.2, 0.25) is 0 Å². The number of aliphatic hydroxyl groups excluding tert-OH is 1. The van der Waals surface area contributed by atoms with E-state index in [-0.39, 0.29) is 5.91 Å². The number of benzene rings is 1. The summed E-state index contributed by atoms with van der Waals surface area (Å²) in [5, 5.41) is 20.4. The first-order valence-corrected chi connectivity index (χ1v) is 6.38. The van der Waals surface area contributed by atoms with Crippen molar-refractivity contribution in [1.82, 2.24) is 10.2 Å². The van der Waals surface area contributed by atoms with Crippen LogP contribution < -0.4 is 5.32 Å². The van der Waals surface area contributed by atoms with Crippen molar-refractivity contribution >= 4 is 11.6 Å². The Morgan fingerprint density at radius 1 is 1.25 bits per heavy atom. The molecule has 1 aromatic carbocycles. The molecular formula is C15H17N3O2. The molecule has 1 heterocycles. The number of carbonyl (C=O) groups excluding carboxylic acids is 1. The highest BCUT2D eigenvalue weighted by atomic mass is 16.3. The molecular weight excluding hydrogens is 254 g/mol. The van der Waals surface area contributed by atoms with Gasteiger partial charge >= 0.3 is 0 Å². The quantitative estimate of drug-likeness (QED) is 0.898. The first kappa shape index (κ1) is 14.1. The van der Waals surface area contributed by atoms with Crippen LogP contribution in [0.1, 0.15) is 40.3 Å². The topological polar surface area (TPSA) is 75.1 Å². The fraction of sp³-hybridized carbons (Fsp3) is 0.267. The number of rotatable bonds is 3. The zero-order chi connectivity index (χ0) is 14.7. The molecule has 1 aromatic heterocycles. The Bertz CT molecular complexity index is 639. The lowest BCUT2D eigenvalue weighted by Crippen LogP contribution is -2.16. The van der Waals surface area contributed by atoms with Crippen LogP contribution in [-0.2, 0) is 0 Å². The Morgan fingerprint density at radius 3 is 2.65 bits per heavy atom. The summed E-state index contributed by atoms with van der Waals surface area (Å²) in [6, 6.07) is 8.87. The highest BCUT2D eigenvalue weighted by Crippen LogP contribution is 2.23. The van der Waals surface area contributed by atoms with E-state index < -0.39 is 6.10 Å². The van der Waals surface area contributed by atoms with Crippen LogP contribution in [0, 0.1) is 13.8 Å². The van der Waals surface area contributed by atoms with Crippen molar-refractivity contribution in [1.29, 1.82) is 0 Å². The Kier molecular flexibility index (Phi) is 4.10.